The number of piperazine rings is 1. The smallest absolute Gasteiger partial charge is 0.219 e. The van der Waals surface area contributed by atoms with E-state index in [4.69, 9.17) is 0 Å². The van der Waals surface area contributed by atoms with E-state index in [0.29, 0.717) is 12.5 Å². The molecule has 1 aliphatic rings. The summed E-state index contributed by atoms with van der Waals surface area (Å²) in [5.74, 6) is 0.127. The molecule has 0 radical (unpaired) electrons. The van der Waals surface area contributed by atoms with Gasteiger partial charge >= 0.3 is 0 Å². The van der Waals surface area contributed by atoms with E-state index in [9.17, 15) is 4.79 Å². The van der Waals surface area contributed by atoms with Crippen molar-refractivity contribution in [2.24, 2.45) is 0 Å². The zero-order valence-electron chi connectivity index (χ0n) is 7.52. The third-order valence-electron chi connectivity index (χ3n) is 2.12. The first-order valence-electron chi connectivity index (χ1n) is 4.47. The van der Waals surface area contributed by atoms with Gasteiger partial charge < -0.3 is 16.0 Å². The fraction of sp³-hybridized carbons (Fsp3) is 0.875. The first-order valence-corrected chi connectivity index (χ1v) is 4.47. The van der Waals surface area contributed by atoms with Crippen LogP contribution in [0.2, 0.25) is 0 Å². The number of carbonyl (C=O) groups is 1. The Morgan fingerprint density at radius 1 is 1.58 bits per heavy atom. The van der Waals surface area contributed by atoms with Gasteiger partial charge in [0, 0.05) is 39.1 Å². The second-order valence-corrected chi connectivity index (χ2v) is 3.07. The van der Waals surface area contributed by atoms with Gasteiger partial charge in [0.2, 0.25) is 5.91 Å². The van der Waals surface area contributed by atoms with Gasteiger partial charge in [-0.05, 0) is 6.42 Å². The predicted octanol–water partition coefficient (Wildman–Crippen LogP) is -0.926. The lowest BCUT2D eigenvalue weighted by molar-refractivity contribution is -0.120. The minimum absolute atomic E-state index is 0.127. The van der Waals surface area contributed by atoms with Crippen molar-refractivity contribution in [1.82, 2.24) is 16.0 Å². The molecule has 0 aromatic carbocycles. The van der Waals surface area contributed by atoms with E-state index in [0.717, 1.165) is 26.1 Å². The van der Waals surface area contributed by atoms with E-state index in [1.807, 2.05) is 0 Å². The second kappa shape index (κ2) is 5.11. The van der Waals surface area contributed by atoms with Crippen molar-refractivity contribution in [3.05, 3.63) is 0 Å². The molecule has 0 aliphatic carbocycles. The van der Waals surface area contributed by atoms with Crippen LogP contribution in [0.3, 0.4) is 0 Å². The molecule has 1 fully saturated rings. The van der Waals surface area contributed by atoms with Gasteiger partial charge in [0.05, 0.1) is 0 Å². The van der Waals surface area contributed by atoms with Crippen molar-refractivity contribution >= 4 is 5.91 Å². The van der Waals surface area contributed by atoms with E-state index in [-0.39, 0.29) is 5.91 Å². The van der Waals surface area contributed by atoms with E-state index in [1.165, 1.54) is 0 Å². The molecule has 4 nitrogen and oxygen atoms in total. The lowest BCUT2D eigenvalue weighted by Crippen LogP contribution is -2.48. The molecule has 1 atom stereocenters. The molecule has 0 saturated carbocycles. The molecule has 0 spiro atoms. The summed E-state index contributed by atoms with van der Waals surface area (Å²) in [5, 5.41) is 9.26. The van der Waals surface area contributed by atoms with Crippen LogP contribution in [0.4, 0.5) is 0 Å². The number of rotatable bonds is 3. The van der Waals surface area contributed by atoms with Crippen molar-refractivity contribution in [3.63, 3.8) is 0 Å². The lowest BCUT2D eigenvalue weighted by atomic mass is 10.1. The number of nitrogens with one attached hydrogen (secondary N) is 3. The summed E-state index contributed by atoms with van der Waals surface area (Å²) < 4.78 is 0. The van der Waals surface area contributed by atoms with Gasteiger partial charge in [0.25, 0.3) is 0 Å². The molecule has 12 heavy (non-hydrogen) atoms. The third-order valence-corrected chi connectivity index (χ3v) is 2.12. The normalized spacial score (nSPS) is 23.6. The van der Waals surface area contributed by atoms with Crippen molar-refractivity contribution in [3.8, 4) is 0 Å². The van der Waals surface area contributed by atoms with Crippen LogP contribution in [-0.4, -0.2) is 38.6 Å². The van der Waals surface area contributed by atoms with Crippen molar-refractivity contribution in [2.45, 2.75) is 18.9 Å². The van der Waals surface area contributed by atoms with Crippen LogP contribution in [0, 0.1) is 0 Å². The Bertz CT molecular complexity index is 143. The highest BCUT2D eigenvalue weighted by Gasteiger charge is 2.12. The summed E-state index contributed by atoms with van der Waals surface area (Å²) in [4.78, 5) is 10.9. The minimum atomic E-state index is 0.127. The molecule has 1 aliphatic heterocycles. The summed E-state index contributed by atoms with van der Waals surface area (Å²) in [5.41, 5.74) is 0. The van der Waals surface area contributed by atoms with E-state index >= 15 is 0 Å². The molecule has 1 amide bonds. The first kappa shape index (κ1) is 9.48. The molecular formula is C8H17N3O. The maximum atomic E-state index is 10.9. The highest BCUT2D eigenvalue weighted by Crippen LogP contribution is 1.98. The largest absolute Gasteiger partial charge is 0.359 e. The average Bonchev–Trinajstić information content (AvgIpc) is 2.16. The first-order chi connectivity index (χ1) is 5.83. The maximum Gasteiger partial charge on any atom is 0.219 e. The fourth-order valence-electron chi connectivity index (χ4n) is 1.35. The van der Waals surface area contributed by atoms with Gasteiger partial charge in [-0.1, -0.05) is 0 Å². The van der Waals surface area contributed by atoms with E-state index < -0.39 is 0 Å². The summed E-state index contributed by atoms with van der Waals surface area (Å²) in [7, 11) is 1.68. The van der Waals surface area contributed by atoms with E-state index in [2.05, 4.69) is 16.0 Å². The average molecular weight is 171 g/mol. The van der Waals surface area contributed by atoms with Gasteiger partial charge in [-0.25, -0.2) is 0 Å². The van der Waals surface area contributed by atoms with Crippen LogP contribution in [-0.2, 0) is 4.79 Å². The standard InChI is InChI=1S/C8H17N3O/c1-9-8(12)3-2-7-6-10-4-5-11-7/h7,10-11H,2-6H2,1H3,(H,9,12). The Morgan fingerprint density at radius 3 is 3.00 bits per heavy atom. The fourth-order valence-corrected chi connectivity index (χ4v) is 1.35. The zero-order chi connectivity index (χ0) is 8.81. The van der Waals surface area contributed by atoms with Crippen molar-refractivity contribution in [1.29, 1.82) is 0 Å². The Morgan fingerprint density at radius 2 is 2.42 bits per heavy atom. The number of hydrogen-bond acceptors (Lipinski definition) is 3. The molecule has 70 valence electrons. The van der Waals surface area contributed by atoms with Gasteiger partial charge in [-0.15, -0.1) is 0 Å². The molecule has 1 heterocycles. The SMILES string of the molecule is CNC(=O)CCC1CNCCN1. The third kappa shape index (κ3) is 3.19. The molecule has 0 aromatic rings. The Balaban J connectivity index is 2.09. The Hall–Kier alpha value is -0.610. The van der Waals surface area contributed by atoms with Crippen LogP contribution < -0.4 is 16.0 Å². The second-order valence-electron chi connectivity index (χ2n) is 3.07. The summed E-state index contributed by atoms with van der Waals surface area (Å²) in [6.07, 6.45) is 1.54. The van der Waals surface area contributed by atoms with Crippen LogP contribution in [0.15, 0.2) is 0 Å². The monoisotopic (exact) mass is 171 g/mol. The van der Waals surface area contributed by atoms with Crippen LogP contribution in [0.25, 0.3) is 0 Å². The molecule has 3 N–H and O–H groups in total. The topological polar surface area (TPSA) is 53.2 Å². The summed E-state index contributed by atoms with van der Waals surface area (Å²) >= 11 is 0. The Labute approximate surface area is 73.1 Å². The van der Waals surface area contributed by atoms with Crippen LogP contribution in [0.1, 0.15) is 12.8 Å². The highest BCUT2D eigenvalue weighted by atomic mass is 16.1. The quantitative estimate of drug-likeness (QED) is 0.514. The highest BCUT2D eigenvalue weighted by molar-refractivity contribution is 5.75. The molecule has 1 saturated heterocycles. The van der Waals surface area contributed by atoms with Gasteiger partial charge in [-0.2, -0.15) is 0 Å². The summed E-state index contributed by atoms with van der Waals surface area (Å²) in [6.45, 7) is 3.03. The molecule has 1 unspecified atom stereocenters. The number of hydrogen-bond donors (Lipinski definition) is 3. The predicted molar refractivity (Wildman–Crippen MR) is 48.0 cm³/mol. The Kier molecular flexibility index (Phi) is 4.04. The zero-order valence-corrected chi connectivity index (χ0v) is 7.52. The summed E-state index contributed by atoms with van der Waals surface area (Å²) in [6, 6.07) is 0.469. The minimum Gasteiger partial charge on any atom is -0.359 e. The lowest BCUT2D eigenvalue weighted by Gasteiger charge is -2.23. The van der Waals surface area contributed by atoms with Crippen molar-refractivity contribution in [2.75, 3.05) is 26.7 Å². The molecule has 0 bridgehead atoms. The number of amides is 1. The van der Waals surface area contributed by atoms with Crippen LogP contribution >= 0.6 is 0 Å². The molecule has 1 rings (SSSR count). The van der Waals surface area contributed by atoms with Crippen LogP contribution in [0.5, 0.6) is 0 Å². The molecule has 0 aromatic heterocycles. The number of carbonyl (C=O) groups excluding carboxylic acids is 1. The van der Waals surface area contributed by atoms with Gasteiger partial charge in [0.1, 0.15) is 0 Å². The van der Waals surface area contributed by atoms with Gasteiger partial charge in [-0.3, -0.25) is 4.79 Å². The maximum absolute atomic E-state index is 10.9. The van der Waals surface area contributed by atoms with E-state index in [1.54, 1.807) is 7.05 Å². The molecule has 4 heteroatoms. The molecular weight excluding hydrogens is 154 g/mol. The van der Waals surface area contributed by atoms with Gasteiger partial charge in [0.15, 0.2) is 0 Å². The van der Waals surface area contributed by atoms with Crippen molar-refractivity contribution < 1.29 is 4.79 Å².